The van der Waals surface area contributed by atoms with E-state index in [4.69, 9.17) is 15.2 Å². The minimum Gasteiger partial charge on any atom is -0.459 e. The highest BCUT2D eigenvalue weighted by atomic mass is 16.6. The fourth-order valence-electron chi connectivity index (χ4n) is 0.740. The van der Waals surface area contributed by atoms with Gasteiger partial charge in [-0.15, -0.1) is 0 Å². The summed E-state index contributed by atoms with van der Waals surface area (Å²) in [5, 5.41) is 0. The van der Waals surface area contributed by atoms with Crippen molar-refractivity contribution < 1.29 is 14.3 Å². The Morgan fingerprint density at radius 3 is 2.38 bits per heavy atom. The molecule has 0 aliphatic heterocycles. The molecule has 0 amide bonds. The molecule has 0 aliphatic rings. The van der Waals surface area contributed by atoms with Crippen LogP contribution in [0.15, 0.2) is 0 Å². The van der Waals surface area contributed by atoms with E-state index in [1.165, 1.54) is 0 Å². The Morgan fingerprint density at radius 1 is 1.46 bits per heavy atom. The Hall–Kier alpha value is -0.610. The van der Waals surface area contributed by atoms with Gasteiger partial charge in [0, 0.05) is 13.7 Å². The molecule has 1 unspecified atom stereocenters. The van der Waals surface area contributed by atoms with Gasteiger partial charge >= 0.3 is 5.97 Å². The monoisotopic (exact) mass is 189 g/mol. The summed E-state index contributed by atoms with van der Waals surface area (Å²) in [5.74, 6) is -0.371. The van der Waals surface area contributed by atoms with E-state index in [1.54, 1.807) is 7.11 Å². The van der Waals surface area contributed by atoms with Gasteiger partial charge in [0.1, 0.15) is 11.6 Å². The Morgan fingerprint density at radius 2 is 2.00 bits per heavy atom. The normalized spacial score (nSPS) is 13.9. The first-order valence-electron chi connectivity index (χ1n) is 4.34. The molecule has 4 heteroatoms. The molecule has 0 saturated heterocycles. The number of rotatable bonds is 4. The van der Waals surface area contributed by atoms with Gasteiger partial charge in [-0.05, 0) is 27.2 Å². The topological polar surface area (TPSA) is 61.5 Å². The standard InChI is InChI=1S/C9H19NO3/c1-9(2,3)13-8(11)7(10)5-6-12-4/h7H,5-6,10H2,1-4H3. The quantitative estimate of drug-likeness (QED) is 0.661. The smallest absolute Gasteiger partial charge is 0.323 e. The number of carbonyl (C=O) groups is 1. The Balaban J connectivity index is 3.83. The SMILES string of the molecule is COCCC(N)C(=O)OC(C)(C)C. The lowest BCUT2D eigenvalue weighted by Gasteiger charge is -2.21. The molecule has 13 heavy (non-hydrogen) atoms. The van der Waals surface area contributed by atoms with Crippen molar-refractivity contribution in [2.45, 2.75) is 38.8 Å². The van der Waals surface area contributed by atoms with Crippen LogP contribution in [-0.2, 0) is 14.3 Å². The highest BCUT2D eigenvalue weighted by molar-refractivity contribution is 5.75. The zero-order valence-electron chi connectivity index (χ0n) is 8.79. The predicted octanol–water partition coefficient (Wildman–Crippen LogP) is 0.692. The van der Waals surface area contributed by atoms with Crippen molar-refractivity contribution in [2.75, 3.05) is 13.7 Å². The first-order chi connectivity index (χ1) is 5.87. The number of ether oxygens (including phenoxy) is 2. The molecule has 0 aromatic heterocycles. The molecule has 4 nitrogen and oxygen atoms in total. The fraction of sp³-hybridized carbons (Fsp3) is 0.889. The van der Waals surface area contributed by atoms with Crippen LogP contribution >= 0.6 is 0 Å². The van der Waals surface area contributed by atoms with Gasteiger partial charge in [0.15, 0.2) is 0 Å². The van der Waals surface area contributed by atoms with Crippen LogP contribution in [0.4, 0.5) is 0 Å². The summed E-state index contributed by atoms with van der Waals surface area (Å²) < 4.78 is 9.88. The van der Waals surface area contributed by atoms with Crippen LogP contribution in [0.2, 0.25) is 0 Å². The highest BCUT2D eigenvalue weighted by Crippen LogP contribution is 2.08. The van der Waals surface area contributed by atoms with Crippen molar-refractivity contribution in [1.29, 1.82) is 0 Å². The average Bonchev–Trinajstić information content (AvgIpc) is 1.96. The summed E-state index contributed by atoms with van der Waals surface area (Å²) in [6.45, 7) is 5.91. The third kappa shape index (κ3) is 6.54. The zero-order chi connectivity index (χ0) is 10.5. The Kier molecular flexibility index (Phi) is 4.95. The Labute approximate surface area is 79.4 Å². The molecular weight excluding hydrogens is 170 g/mol. The second kappa shape index (κ2) is 5.19. The van der Waals surface area contributed by atoms with Crippen LogP contribution in [0.25, 0.3) is 0 Å². The third-order valence-electron chi connectivity index (χ3n) is 1.34. The molecule has 0 bridgehead atoms. The van der Waals surface area contributed by atoms with Crippen LogP contribution in [0.5, 0.6) is 0 Å². The molecule has 0 aliphatic carbocycles. The first kappa shape index (κ1) is 12.4. The van der Waals surface area contributed by atoms with E-state index < -0.39 is 11.6 Å². The van der Waals surface area contributed by atoms with Crippen LogP contribution in [0.3, 0.4) is 0 Å². The van der Waals surface area contributed by atoms with E-state index in [-0.39, 0.29) is 5.97 Å². The number of hydrogen-bond donors (Lipinski definition) is 1. The van der Waals surface area contributed by atoms with E-state index in [1.807, 2.05) is 20.8 Å². The van der Waals surface area contributed by atoms with Crippen LogP contribution < -0.4 is 5.73 Å². The molecule has 0 saturated carbocycles. The summed E-state index contributed by atoms with van der Waals surface area (Å²) >= 11 is 0. The van der Waals surface area contributed by atoms with Crippen LogP contribution in [0, 0.1) is 0 Å². The van der Waals surface area contributed by atoms with Gasteiger partial charge in [-0.25, -0.2) is 0 Å². The summed E-state index contributed by atoms with van der Waals surface area (Å²) in [5.41, 5.74) is 5.09. The van der Waals surface area contributed by atoms with Gasteiger partial charge in [0.25, 0.3) is 0 Å². The second-order valence-corrected chi connectivity index (χ2v) is 3.92. The van der Waals surface area contributed by atoms with Crippen molar-refractivity contribution in [2.24, 2.45) is 5.73 Å². The molecule has 0 rings (SSSR count). The van der Waals surface area contributed by atoms with Crippen molar-refractivity contribution >= 4 is 5.97 Å². The van der Waals surface area contributed by atoms with Gasteiger partial charge in [0.05, 0.1) is 0 Å². The van der Waals surface area contributed by atoms with E-state index in [0.29, 0.717) is 13.0 Å². The summed E-state index contributed by atoms with van der Waals surface area (Å²) in [6.07, 6.45) is 0.491. The first-order valence-corrected chi connectivity index (χ1v) is 4.34. The van der Waals surface area contributed by atoms with Crippen molar-refractivity contribution in [3.05, 3.63) is 0 Å². The molecule has 0 aromatic rings. The maximum Gasteiger partial charge on any atom is 0.323 e. The van der Waals surface area contributed by atoms with Crippen LogP contribution in [0.1, 0.15) is 27.2 Å². The summed E-state index contributed by atoms with van der Waals surface area (Å²) in [6, 6.07) is -0.584. The molecule has 78 valence electrons. The predicted molar refractivity (Wildman–Crippen MR) is 50.3 cm³/mol. The van der Waals surface area contributed by atoms with E-state index in [0.717, 1.165) is 0 Å². The number of carbonyl (C=O) groups excluding carboxylic acids is 1. The lowest BCUT2D eigenvalue weighted by Crippen LogP contribution is -2.38. The minimum atomic E-state index is -0.584. The lowest BCUT2D eigenvalue weighted by molar-refractivity contribution is -0.156. The third-order valence-corrected chi connectivity index (χ3v) is 1.34. The van der Waals surface area contributed by atoms with Crippen LogP contribution in [-0.4, -0.2) is 31.3 Å². The zero-order valence-corrected chi connectivity index (χ0v) is 8.79. The molecule has 0 heterocycles. The molecule has 1 atom stereocenters. The fourth-order valence-corrected chi connectivity index (χ4v) is 0.740. The molecule has 0 spiro atoms. The van der Waals surface area contributed by atoms with Crippen molar-refractivity contribution in [3.8, 4) is 0 Å². The van der Waals surface area contributed by atoms with E-state index in [2.05, 4.69) is 0 Å². The van der Waals surface area contributed by atoms with Crippen molar-refractivity contribution in [1.82, 2.24) is 0 Å². The molecular formula is C9H19NO3. The maximum absolute atomic E-state index is 11.3. The van der Waals surface area contributed by atoms with Gasteiger partial charge < -0.3 is 15.2 Å². The van der Waals surface area contributed by atoms with Crippen molar-refractivity contribution in [3.63, 3.8) is 0 Å². The molecule has 0 fully saturated rings. The largest absolute Gasteiger partial charge is 0.459 e. The minimum absolute atomic E-state index is 0.371. The molecule has 0 aromatic carbocycles. The van der Waals surface area contributed by atoms with E-state index in [9.17, 15) is 4.79 Å². The van der Waals surface area contributed by atoms with Gasteiger partial charge in [-0.1, -0.05) is 0 Å². The summed E-state index contributed by atoms with van der Waals surface area (Å²) in [7, 11) is 1.57. The highest BCUT2D eigenvalue weighted by Gasteiger charge is 2.21. The van der Waals surface area contributed by atoms with Gasteiger partial charge in [0.2, 0.25) is 0 Å². The number of methoxy groups -OCH3 is 1. The summed E-state index contributed by atoms with van der Waals surface area (Å²) in [4.78, 5) is 11.3. The molecule has 0 radical (unpaired) electrons. The maximum atomic E-state index is 11.3. The lowest BCUT2D eigenvalue weighted by atomic mass is 10.2. The van der Waals surface area contributed by atoms with Gasteiger partial charge in [-0.2, -0.15) is 0 Å². The number of nitrogens with two attached hydrogens (primary N) is 1. The Bertz CT molecular complexity index is 163. The average molecular weight is 189 g/mol. The van der Waals surface area contributed by atoms with Gasteiger partial charge in [-0.3, -0.25) is 4.79 Å². The number of hydrogen-bond acceptors (Lipinski definition) is 4. The van der Waals surface area contributed by atoms with E-state index >= 15 is 0 Å². The number of esters is 1. The molecule has 2 N–H and O–H groups in total. The second-order valence-electron chi connectivity index (χ2n) is 3.92.